The third-order valence-corrected chi connectivity index (χ3v) is 4.14. The molecule has 0 aliphatic heterocycles. The summed E-state index contributed by atoms with van der Waals surface area (Å²) < 4.78 is 4.92. The quantitative estimate of drug-likeness (QED) is 0.790. The second-order valence-electron chi connectivity index (χ2n) is 6.05. The van der Waals surface area contributed by atoms with Gasteiger partial charge in [0.2, 0.25) is 0 Å². The maximum atomic E-state index is 11.5. The van der Waals surface area contributed by atoms with Gasteiger partial charge in [0, 0.05) is 6.04 Å². The highest BCUT2D eigenvalue weighted by molar-refractivity contribution is 5.71. The second kappa shape index (κ2) is 8.88. The molecule has 0 saturated heterocycles. The van der Waals surface area contributed by atoms with Gasteiger partial charge in [0.25, 0.3) is 0 Å². The summed E-state index contributed by atoms with van der Waals surface area (Å²) in [6, 6.07) is 0.638. The Morgan fingerprint density at radius 1 is 1.32 bits per heavy atom. The highest BCUT2D eigenvalue weighted by atomic mass is 16.5. The molecule has 1 aliphatic rings. The predicted molar refractivity (Wildman–Crippen MR) is 84.4 cm³/mol. The van der Waals surface area contributed by atoms with E-state index in [-0.39, 0.29) is 18.4 Å². The molecule has 0 bridgehead atoms. The number of carbonyl (C=O) groups is 1. The molecule has 22 heavy (non-hydrogen) atoms. The SMILES string of the molecule is CCOC(=O)Cc1nc([C@H](C)NC2CCCCCCC2)n[nH]1. The number of aromatic amines is 1. The second-order valence-corrected chi connectivity index (χ2v) is 6.05. The Kier molecular flexibility index (Phi) is 6.83. The van der Waals surface area contributed by atoms with Gasteiger partial charge in [-0.1, -0.05) is 32.1 Å². The molecule has 1 aromatic heterocycles. The van der Waals surface area contributed by atoms with Crippen molar-refractivity contribution in [1.29, 1.82) is 0 Å². The highest BCUT2D eigenvalue weighted by Crippen LogP contribution is 2.19. The van der Waals surface area contributed by atoms with Crippen molar-refractivity contribution in [2.45, 2.75) is 77.3 Å². The normalized spacial score (nSPS) is 18.5. The molecule has 0 spiro atoms. The van der Waals surface area contributed by atoms with E-state index in [0.717, 1.165) is 5.82 Å². The Bertz CT molecular complexity index is 453. The zero-order chi connectivity index (χ0) is 15.8. The molecule has 1 atom stereocenters. The molecule has 6 nitrogen and oxygen atoms in total. The molecule has 1 saturated carbocycles. The van der Waals surface area contributed by atoms with E-state index >= 15 is 0 Å². The molecule has 1 fully saturated rings. The summed E-state index contributed by atoms with van der Waals surface area (Å²) in [5.41, 5.74) is 0. The fourth-order valence-corrected chi connectivity index (χ4v) is 2.98. The van der Waals surface area contributed by atoms with E-state index in [1.54, 1.807) is 6.92 Å². The topological polar surface area (TPSA) is 79.9 Å². The van der Waals surface area contributed by atoms with Crippen LogP contribution in [0.25, 0.3) is 0 Å². The van der Waals surface area contributed by atoms with E-state index in [1.165, 1.54) is 44.9 Å². The van der Waals surface area contributed by atoms with Crippen LogP contribution >= 0.6 is 0 Å². The van der Waals surface area contributed by atoms with Crippen molar-refractivity contribution in [2.75, 3.05) is 6.61 Å². The molecule has 6 heteroatoms. The number of ether oxygens (including phenoxy) is 1. The molecule has 0 unspecified atom stereocenters. The number of H-pyrrole nitrogens is 1. The van der Waals surface area contributed by atoms with Crippen LogP contribution in [-0.2, 0) is 16.0 Å². The standard InChI is InChI=1S/C16H28N4O2/c1-3-22-15(21)11-14-18-16(20-19-14)12(2)17-13-9-7-5-4-6-8-10-13/h12-13,17H,3-11H2,1-2H3,(H,18,19,20)/t12-/m0/s1. The minimum atomic E-state index is -0.272. The van der Waals surface area contributed by atoms with Gasteiger partial charge in [0.1, 0.15) is 12.2 Å². The first-order valence-corrected chi connectivity index (χ1v) is 8.52. The summed E-state index contributed by atoms with van der Waals surface area (Å²) in [5.74, 6) is 1.02. The Labute approximate surface area is 132 Å². The summed E-state index contributed by atoms with van der Waals surface area (Å²) in [5, 5.41) is 10.7. The average Bonchev–Trinajstić information content (AvgIpc) is 2.90. The number of nitrogens with one attached hydrogen (secondary N) is 2. The summed E-state index contributed by atoms with van der Waals surface area (Å²) in [6.07, 6.45) is 9.26. The minimum Gasteiger partial charge on any atom is -0.466 e. The molecular formula is C16H28N4O2. The average molecular weight is 308 g/mol. The van der Waals surface area contributed by atoms with Crippen LogP contribution in [0, 0.1) is 0 Å². The maximum absolute atomic E-state index is 11.5. The van der Waals surface area contributed by atoms with Crippen LogP contribution in [0.15, 0.2) is 0 Å². The molecule has 0 aromatic carbocycles. The Morgan fingerprint density at radius 3 is 2.68 bits per heavy atom. The lowest BCUT2D eigenvalue weighted by atomic mass is 9.96. The van der Waals surface area contributed by atoms with Crippen LogP contribution in [-0.4, -0.2) is 33.8 Å². The molecule has 1 heterocycles. The zero-order valence-corrected chi connectivity index (χ0v) is 13.7. The van der Waals surface area contributed by atoms with Crippen molar-refractivity contribution in [3.8, 4) is 0 Å². The molecule has 0 amide bonds. The third-order valence-electron chi connectivity index (χ3n) is 4.14. The van der Waals surface area contributed by atoms with Crippen molar-refractivity contribution in [1.82, 2.24) is 20.5 Å². The number of esters is 1. The molecule has 2 N–H and O–H groups in total. The number of aromatic nitrogens is 3. The zero-order valence-electron chi connectivity index (χ0n) is 13.7. The van der Waals surface area contributed by atoms with E-state index in [4.69, 9.17) is 4.74 Å². The predicted octanol–water partition coefficient (Wildman–Crippen LogP) is 2.67. The maximum Gasteiger partial charge on any atom is 0.313 e. The van der Waals surface area contributed by atoms with Gasteiger partial charge < -0.3 is 10.1 Å². The molecule has 1 aromatic rings. The van der Waals surface area contributed by atoms with Crippen molar-refractivity contribution >= 4 is 5.97 Å². The van der Waals surface area contributed by atoms with E-state index in [0.29, 0.717) is 18.5 Å². The first-order chi connectivity index (χ1) is 10.7. The van der Waals surface area contributed by atoms with Crippen LogP contribution in [0.3, 0.4) is 0 Å². The van der Waals surface area contributed by atoms with Crippen molar-refractivity contribution in [3.05, 3.63) is 11.6 Å². The van der Waals surface area contributed by atoms with E-state index in [1.807, 2.05) is 0 Å². The Hall–Kier alpha value is -1.43. The molecule has 2 rings (SSSR count). The third kappa shape index (κ3) is 5.40. The van der Waals surface area contributed by atoms with E-state index < -0.39 is 0 Å². The lowest BCUT2D eigenvalue weighted by molar-refractivity contribution is -0.142. The van der Waals surface area contributed by atoms with Gasteiger partial charge in [-0.3, -0.25) is 9.89 Å². The molecule has 1 aliphatic carbocycles. The number of hydrogen-bond acceptors (Lipinski definition) is 5. The summed E-state index contributed by atoms with van der Waals surface area (Å²) in [6.45, 7) is 4.26. The van der Waals surface area contributed by atoms with Gasteiger partial charge >= 0.3 is 5.97 Å². The van der Waals surface area contributed by atoms with Crippen LogP contribution in [0.5, 0.6) is 0 Å². The van der Waals surface area contributed by atoms with Gasteiger partial charge in [0.05, 0.1) is 12.6 Å². The Balaban J connectivity index is 1.85. The number of carbonyl (C=O) groups excluding carboxylic acids is 1. The van der Waals surface area contributed by atoms with Crippen LogP contribution in [0.4, 0.5) is 0 Å². The van der Waals surface area contributed by atoms with Gasteiger partial charge in [-0.25, -0.2) is 4.98 Å². The fourth-order valence-electron chi connectivity index (χ4n) is 2.98. The number of rotatable bonds is 6. The lowest BCUT2D eigenvalue weighted by Crippen LogP contribution is -2.32. The summed E-state index contributed by atoms with van der Waals surface area (Å²) in [4.78, 5) is 15.9. The minimum absolute atomic E-state index is 0.0941. The van der Waals surface area contributed by atoms with Crippen LogP contribution in [0.1, 0.15) is 76.5 Å². The number of hydrogen-bond donors (Lipinski definition) is 2. The first-order valence-electron chi connectivity index (χ1n) is 8.52. The van der Waals surface area contributed by atoms with Crippen LogP contribution in [0.2, 0.25) is 0 Å². The summed E-state index contributed by atoms with van der Waals surface area (Å²) in [7, 11) is 0. The van der Waals surface area contributed by atoms with Crippen molar-refractivity contribution in [3.63, 3.8) is 0 Å². The molecular weight excluding hydrogens is 280 g/mol. The molecule has 0 radical (unpaired) electrons. The first kappa shape index (κ1) is 16.9. The van der Waals surface area contributed by atoms with Crippen molar-refractivity contribution < 1.29 is 9.53 Å². The van der Waals surface area contributed by atoms with E-state index in [2.05, 4.69) is 27.4 Å². The van der Waals surface area contributed by atoms with Crippen LogP contribution < -0.4 is 5.32 Å². The van der Waals surface area contributed by atoms with Crippen molar-refractivity contribution in [2.24, 2.45) is 0 Å². The highest BCUT2D eigenvalue weighted by Gasteiger charge is 2.18. The monoisotopic (exact) mass is 308 g/mol. The number of nitrogens with zero attached hydrogens (tertiary/aromatic N) is 2. The van der Waals surface area contributed by atoms with E-state index in [9.17, 15) is 4.79 Å². The lowest BCUT2D eigenvalue weighted by Gasteiger charge is -2.23. The molecule has 124 valence electrons. The largest absolute Gasteiger partial charge is 0.466 e. The van der Waals surface area contributed by atoms with Gasteiger partial charge in [-0.2, -0.15) is 5.10 Å². The Morgan fingerprint density at radius 2 is 2.00 bits per heavy atom. The van der Waals surface area contributed by atoms with Gasteiger partial charge in [-0.05, 0) is 26.7 Å². The fraction of sp³-hybridized carbons (Fsp3) is 0.812. The van der Waals surface area contributed by atoms with Gasteiger partial charge in [0.15, 0.2) is 5.82 Å². The smallest absolute Gasteiger partial charge is 0.313 e. The van der Waals surface area contributed by atoms with Gasteiger partial charge in [-0.15, -0.1) is 0 Å². The summed E-state index contributed by atoms with van der Waals surface area (Å²) >= 11 is 0.